The first-order valence-electron chi connectivity index (χ1n) is 19.0. The minimum atomic E-state index is -0.152. The highest BCUT2D eigenvalue weighted by Gasteiger charge is 2.61. The number of carbonyl (C=O) groups is 1. The van der Waals surface area contributed by atoms with E-state index < -0.39 is 0 Å². The maximum Gasteiger partial charge on any atom is 0.229 e. The molecule has 6 fully saturated rings. The third-order valence-electron chi connectivity index (χ3n) is 14.3. The van der Waals surface area contributed by atoms with Crippen molar-refractivity contribution in [3.05, 3.63) is 17.7 Å². The Morgan fingerprint density at radius 1 is 0.870 bits per heavy atom. The highest BCUT2D eigenvalue weighted by molar-refractivity contribution is 5.84. The van der Waals surface area contributed by atoms with Gasteiger partial charge in [-0.1, -0.05) is 32.4 Å². The largest absolute Gasteiger partial charge is 0.393 e. The van der Waals surface area contributed by atoms with Gasteiger partial charge in [0.15, 0.2) is 5.78 Å². The Morgan fingerprint density at radius 2 is 1.52 bits per heavy atom. The summed E-state index contributed by atoms with van der Waals surface area (Å²) in [6.45, 7) is 15.9. The molecule has 0 unspecified atom stereocenters. The first-order chi connectivity index (χ1) is 22.2. The molecular weight excluding hydrogens is 572 g/mol. The van der Waals surface area contributed by atoms with Crippen molar-refractivity contribution in [1.29, 1.82) is 0 Å². The minimum Gasteiger partial charge on any atom is -0.393 e. The summed E-state index contributed by atoms with van der Waals surface area (Å²) in [6.07, 6.45) is 15.0. The van der Waals surface area contributed by atoms with Crippen LogP contribution in [0.1, 0.15) is 91.4 Å². The molecule has 7 aliphatic rings. The summed E-state index contributed by atoms with van der Waals surface area (Å²) in [5, 5.41) is 10.4. The quantitative estimate of drug-likeness (QED) is 0.410. The van der Waals surface area contributed by atoms with Gasteiger partial charge >= 0.3 is 0 Å². The molecule has 3 aliphatic heterocycles. The average Bonchev–Trinajstić information content (AvgIpc) is 3.83. The number of aromatic nitrogens is 2. The first kappa shape index (κ1) is 31.1. The number of aliphatic hydroxyl groups excluding tert-OH is 1. The normalized spacial score (nSPS) is 39.7. The molecule has 1 aromatic rings. The van der Waals surface area contributed by atoms with Gasteiger partial charge in [0.05, 0.1) is 12.6 Å². The Labute approximate surface area is 277 Å². The van der Waals surface area contributed by atoms with Gasteiger partial charge in [0.25, 0.3) is 0 Å². The number of piperazine rings is 1. The molecule has 3 saturated heterocycles. The molecule has 1 aromatic heterocycles. The maximum atomic E-state index is 14.3. The molecule has 0 amide bonds. The Kier molecular flexibility index (Phi) is 8.15. The number of nitrogens with zero attached hydrogens (tertiary/aromatic N) is 6. The number of ketones is 1. The van der Waals surface area contributed by atoms with Crippen molar-refractivity contribution in [2.45, 2.75) is 97.5 Å². The molecule has 0 spiro atoms. The van der Waals surface area contributed by atoms with Crippen LogP contribution in [-0.4, -0.2) is 90.8 Å². The number of Topliss-reactive ketones (excluding diaryl/α,β-unsaturated/α-hetero) is 1. The van der Waals surface area contributed by atoms with E-state index in [0.29, 0.717) is 36.0 Å². The first-order valence-corrected chi connectivity index (χ1v) is 19.0. The zero-order valence-electron chi connectivity index (χ0n) is 28.8. The molecule has 4 heterocycles. The number of anilines is 3. The zero-order valence-corrected chi connectivity index (χ0v) is 28.8. The molecule has 8 rings (SSSR count). The van der Waals surface area contributed by atoms with E-state index >= 15 is 0 Å². The third kappa shape index (κ3) is 5.28. The van der Waals surface area contributed by atoms with Crippen LogP contribution in [-0.2, 0) is 4.79 Å². The highest BCUT2D eigenvalue weighted by Crippen LogP contribution is 2.67. The van der Waals surface area contributed by atoms with Gasteiger partial charge in [0, 0.05) is 64.3 Å². The summed E-state index contributed by atoms with van der Waals surface area (Å²) in [7, 11) is 0. The molecule has 0 bridgehead atoms. The van der Waals surface area contributed by atoms with Gasteiger partial charge in [0.2, 0.25) is 5.95 Å². The molecule has 46 heavy (non-hydrogen) atoms. The molecule has 3 saturated carbocycles. The molecule has 8 atom stereocenters. The minimum absolute atomic E-state index is 0.119. The highest BCUT2D eigenvalue weighted by atomic mass is 16.3. The molecular formula is C38H58N6O2. The molecule has 1 N–H and O–H groups in total. The summed E-state index contributed by atoms with van der Waals surface area (Å²) in [5.74, 6) is 6.24. The zero-order chi connectivity index (χ0) is 31.6. The van der Waals surface area contributed by atoms with Gasteiger partial charge in [-0.15, -0.1) is 0 Å². The van der Waals surface area contributed by atoms with Gasteiger partial charge in [0.1, 0.15) is 11.6 Å². The smallest absolute Gasteiger partial charge is 0.229 e. The van der Waals surface area contributed by atoms with Crippen LogP contribution in [0.3, 0.4) is 0 Å². The lowest BCUT2D eigenvalue weighted by Gasteiger charge is -2.58. The van der Waals surface area contributed by atoms with Crippen molar-refractivity contribution in [3.63, 3.8) is 0 Å². The second-order valence-corrected chi connectivity index (χ2v) is 16.9. The molecule has 0 aromatic carbocycles. The molecule has 8 heteroatoms. The van der Waals surface area contributed by atoms with E-state index in [1.807, 2.05) is 0 Å². The van der Waals surface area contributed by atoms with Crippen LogP contribution in [0, 0.1) is 40.4 Å². The fourth-order valence-corrected chi connectivity index (χ4v) is 11.9. The van der Waals surface area contributed by atoms with Gasteiger partial charge in [-0.25, -0.2) is 0 Å². The Balaban J connectivity index is 0.929. The Bertz CT molecular complexity index is 1300. The molecule has 4 aliphatic carbocycles. The Morgan fingerprint density at radius 3 is 2.22 bits per heavy atom. The standard InChI is InChI=1S/C38H58N6O2/c1-26-22-31-29-9-8-27-23-28(45)10-12-37(27,2)30(29)11-13-38(31,3)35(26)32(46)25-41-18-20-43(21-19-41)34-24-33(42-14-4-5-15-42)39-36(40-34)44-16-6-7-17-44/h8,24,26,28-31,35,45H,4-7,9-23,25H2,1-3H3/t26-,28-,29+,30-,31-,35+,37-,38-/m0/s1. The number of fused-ring (bicyclic) bond motifs is 5. The van der Waals surface area contributed by atoms with Crippen molar-refractivity contribution in [1.82, 2.24) is 14.9 Å². The second kappa shape index (κ2) is 12.0. The van der Waals surface area contributed by atoms with Crippen LogP contribution in [0.25, 0.3) is 0 Å². The fraction of sp³-hybridized carbons (Fsp3) is 0.816. The fourth-order valence-electron chi connectivity index (χ4n) is 11.9. The van der Waals surface area contributed by atoms with Crippen LogP contribution in [0.15, 0.2) is 17.7 Å². The van der Waals surface area contributed by atoms with Crippen molar-refractivity contribution < 1.29 is 9.90 Å². The number of carbonyl (C=O) groups excluding carboxylic acids is 1. The van der Waals surface area contributed by atoms with E-state index in [1.165, 1.54) is 50.5 Å². The van der Waals surface area contributed by atoms with E-state index in [4.69, 9.17) is 9.97 Å². The molecule has 0 radical (unpaired) electrons. The lowest BCUT2D eigenvalue weighted by Crippen LogP contribution is -2.53. The Hall–Kier alpha value is -2.19. The van der Waals surface area contributed by atoms with Crippen molar-refractivity contribution >= 4 is 23.4 Å². The van der Waals surface area contributed by atoms with E-state index in [0.717, 1.165) is 95.6 Å². The van der Waals surface area contributed by atoms with Crippen LogP contribution in [0.5, 0.6) is 0 Å². The topological polar surface area (TPSA) is 76.0 Å². The maximum absolute atomic E-state index is 14.3. The van der Waals surface area contributed by atoms with Gasteiger partial charge in [-0.2, -0.15) is 9.97 Å². The number of rotatable bonds is 6. The SMILES string of the molecule is C[C@H]1C[C@H]2[C@@H]3CC=C4C[C@@H](O)CC[C@]4(C)[C@H]3CC[C@]2(C)[C@H]1C(=O)CN1CCN(c2cc(N3CCCC3)nc(N3CCCC3)n2)CC1. The van der Waals surface area contributed by atoms with Crippen molar-refractivity contribution in [2.24, 2.45) is 40.4 Å². The molecule has 8 nitrogen and oxygen atoms in total. The van der Waals surface area contributed by atoms with Gasteiger partial charge in [-0.05, 0) is 105 Å². The average molecular weight is 631 g/mol. The van der Waals surface area contributed by atoms with E-state index in [-0.39, 0.29) is 22.9 Å². The van der Waals surface area contributed by atoms with E-state index in [1.54, 1.807) is 0 Å². The molecule has 252 valence electrons. The summed E-state index contributed by atoms with van der Waals surface area (Å²) in [5.41, 5.74) is 1.91. The van der Waals surface area contributed by atoms with Crippen molar-refractivity contribution in [3.8, 4) is 0 Å². The lowest BCUT2D eigenvalue weighted by molar-refractivity contribution is -0.132. The van der Waals surface area contributed by atoms with Crippen LogP contribution >= 0.6 is 0 Å². The summed E-state index contributed by atoms with van der Waals surface area (Å²) in [4.78, 5) is 34.1. The van der Waals surface area contributed by atoms with E-state index in [2.05, 4.69) is 52.5 Å². The van der Waals surface area contributed by atoms with Gasteiger partial charge < -0.3 is 19.8 Å². The van der Waals surface area contributed by atoms with Crippen LogP contribution in [0.4, 0.5) is 17.6 Å². The number of hydrogen-bond donors (Lipinski definition) is 1. The lowest BCUT2D eigenvalue weighted by atomic mass is 9.47. The van der Waals surface area contributed by atoms with Crippen LogP contribution < -0.4 is 14.7 Å². The van der Waals surface area contributed by atoms with Crippen LogP contribution in [0.2, 0.25) is 0 Å². The second-order valence-electron chi connectivity index (χ2n) is 16.9. The number of hydrogen-bond acceptors (Lipinski definition) is 8. The number of allylic oxidation sites excluding steroid dienone is 1. The monoisotopic (exact) mass is 630 g/mol. The summed E-state index contributed by atoms with van der Waals surface area (Å²) >= 11 is 0. The van der Waals surface area contributed by atoms with Gasteiger partial charge in [-0.3, -0.25) is 9.69 Å². The summed E-state index contributed by atoms with van der Waals surface area (Å²) in [6, 6.07) is 2.22. The summed E-state index contributed by atoms with van der Waals surface area (Å²) < 4.78 is 0. The predicted molar refractivity (Wildman–Crippen MR) is 184 cm³/mol. The van der Waals surface area contributed by atoms with Crippen molar-refractivity contribution in [2.75, 3.05) is 73.6 Å². The van der Waals surface area contributed by atoms with E-state index in [9.17, 15) is 9.90 Å². The number of aliphatic hydroxyl groups is 1. The third-order valence-corrected chi connectivity index (χ3v) is 14.3. The predicted octanol–water partition coefficient (Wildman–Crippen LogP) is 5.55.